The van der Waals surface area contributed by atoms with Gasteiger partial charge in [-0.2, -0.15) is 0 Å². The predicted molar refractivity (Wildman–Crippen MR) is 90.4 cm³/mol. The lowest BCUT2D eigenvalue weighted by molar-refractivity contribution is -0.137. The van der Waals surface area contributed by atoms with E-state index in [2.05, 4.69) is 29.1 Å². The third-order valence-electron chi connectivity index (χ3n) is 5.69. The van der Waals surface area contributed by atoms with Gasteiger partial charge in [0.05, 0.1) is 0 Å². The first-order valence-electron chi connectivity index (χ1n) is 8.16. The maximum Gasteiger partial charge on any atom is 0.223 e. The standard InChI is InChI=1S/C18H26BrNO/c1-3-5-20(6-4-2)16(21)12-17-8-14-7-15(9-17)11-18(19,10-14)13-17/h3-4,14-15H,1-2,5-13H2/t14-,15-,17?,18?/m0/s1. The molecule has 0 radical (unpaired) electrons. The van der Waals surface area contributed by atoms with Gasteiger partial charge in [-0.25, -0.2) is 0 Å². The number of carbonyl (C=O) groups excluding carboxylic acids is 1. The van der Waals surface area contributed by atoms with E-state index in [-0.39, 0.29) is 11.3 Å². The first-order valence-corrected chi connectivity index (χ1v) is 8.95. The molecule has 116 valence electrons. The van der Waals surface area contributed by atoms with Crippen LogP contribution in [-0.2, 0) is 4.79 Å². The highest BCUT2D eigenvalue weighted by Crippen LogP contribution is 2.65. The highest BCUT2D eigenvalue weighted by atomic mass is 79.9. The van der Waals surface area contributed by atoms with Gasteiger partial charge in [0.25, 0.3) is 0 Å². The van der Waals surface area contributed by atoms with Crippen LogP contribution in [0.5, 0.6) is 0 Å². The second kappa shape index (κ2) is 5.57. The Hall–Kier alpha value is -0.570. The Morgan fingerprint density at radius 2 is 1.71 bits per heavy atom. The molecule has 4 bridgehead atoms. The van der Waals surface area contributed by atoms with Crippen LogP contribution in [0.1, 0.15) is 44.9 Å². The quantitative estimate of drug-likeness (QED) is 0.515. The average Bonchev–Trinajstić information content (AvgIpc) is 2.34. The molecule has 4 aliphatic rings. The van der Waals surface area contributed by atoms with Crippen LogP contribution in [0.2, 0.25) is 0 Å². The fraction of sp³-hybridized carbons (Fsp3) is 0.722. The number of alkyl halides is 1. The first kappa shape index (κ1) is 15.3. The van der Waals surface area contributed by atoms with Crippen LogP contribution in [0.25, 0.3) is 0 Å². The molecule has 4 saturated carbocycles. The van der Waals surface area contributed by atoms with Crippen molar-refractivity contribution in [3.63, 3.8) is 0 Å². The van der Waals surface area contributed by atoms with E-state index in [1.807, 2.05) is 17.1 Å². The van der Waals surface area contributed by atoms with Crippen LogP contribution in [-0.4, -0.2) is 28.2 Å². The van der Waals surface area contributed by atoms with Gasteiger partial charge in [0.15, 0.2) is 0 Å². The molecule has 0 aromatic rings. The van der Waals surface area contributed by atoms with Crippen molar-refractivity contribution in [3.05, 3.63) is 25.3 Å². The Morgan fingerprint density at radius 3 is 2.19 bits per heavy atom. The molecule has 0 unspecified atom stereocenters. The maximum absolute atomic E-state index is 12.7. The molecule has 0 heterocycles. The van der Waals surface area contributed by atoms with Crippen LogP contribution in [0.15, 0.2) is 25.3 Å². The lowest BCUT2D eigenvalue weighted by atomic mass is 9.48. The highest BCUT2D eigenvalue weighted by molar-refractivity contribution is 9.10. The van der Waals surface area contributed by atoms with Gasteiger partial charge in [-0.1, -0.05) is 28.1 Å². The van der Waals surface area contributed by atoms with Crippen molar-refractivity contribution >= 4 is 21.8 Å². The van der Waals surface area contributed by atoms with Crippen molar-refractivity contribution in [1.29, 1.82) is 0 Å². The van der Waals surface area contributed by atoms with E-state index >= 15 is 0 Å². The predicted octanol–water partition coefficient (Wildman–Crippen LogP) is 4.31. The van der Waals surface area contributed by atoms with Crippen molar-refractivity contribution in [1.82, 2.24) is 4.90 Å². The second-order valence-electron chi connectivity index (χ2n) is 7.66. The number of amides is 1. The van der Waals surface area contributed by atoms with E-state index in [4.69, 9.17) is 0 Å². The molecular formula is C18H26BrNO. The summed E-state index contributed by atoms with van der Waals surface area (Å²) >= 11 is 4.02. The lowest BCUT2D eigenvalue weighted by Crippen LogP contribution is -2.54. The maximum atomic E-state index is 12.7. The van der Waals surface area contributed by atoms with Crippen LogP contribution in [0.4, 0.5) is 0 Å². The van der Waals surface area contributed by atoms with Gasteiger partial charge in [-0.15, -0.1) is 13.2 Å². The molecule has 0 aromatic heterocycles. The minimum absolute atomic E-state index is 0.255. The molecule has 4 aliphatic carbocycles. The van der Waals surface area contributed by atoms with Gasteiger partial charge < -0.3 is 4.90 Å². The zero-order valence-corrected chi connectivity index (χ0v) is 14.4. The summed E-state index contributed by atoms with van der Waals surface area (Å²) in [5.74, 6) is 1.96. The first-order chi connectivity index (χ1) is 9.97. The number of halogens is 1. The summed E-state index contributed by atoms with van der Waals surface area (Å²) < 4.78 is 0.332. The topological polar surface area (TPSA) is 20.3 Å². The smallest absolute Gasteiger partial charge is 0.223 e. The summed E-state index contributed by atoms with van der Waals surface area (Å²) in [4.78, 5) is 14.6. The fourth-order valence-corrected chi connectivity index (χ4v) is 7.08. The van der Waals surface area contributed by atoms with E-state index in [1.54, 1.807) is 0 Å². The van der Waals surface area contributed by atoms with Crippen molar-refractivity contribution in [2.45, 2.75) is 49.3 Å². The highest BCUT2D eigenvalue weighted by Gasteiger charge is 2.57. The fourth-order valence-electron chi connectivity index (χ4n) is 5.57. The Bertz CT molecular complexity index is 434. The molecule has 0 spiro atoms. The molecule has 2 nitrogen and oxygen atoms in total. The van der Waals surface area contributed by atoms with Crippen LogP contribution >= 0.6 is 15.9 Å². The summed E-state index contributed by atoms with van der Waals surface area (Å²) in [6.07, 6.45) is 12.1. The van der Waals surface area contributed by atoms with Gasteiger partial charge in [-0.05, 0) is 55.8 Å². The SMILES string of the molecule is C=CCN(CC=C)C(=O)CC12C[C@@H]3C[C@H](CC(Br)(C3)C1)C2. The molecule has 21 heavy (non-hydrogen) atoms. The van der Waals surface area contributed by atoms with Gasteiger partial charge >= 0.3 is 0 Å². The average molecular weight is 352 g/mol. The Labute approximate surface area is 136 Å². The van der Waals surface area contributed by atoms with Crippen molar-refractivity contribution in [2.24, 2.45) is 17.3 Å². The largest absolute Gasteiger partial charge is 0.335 e. The molecule has 1 amide bonds. The van der Waals surface area contributed by atoms with Crippen LogP contribution in [0.3, 0.4) is 0 Å². The monoisotopic (exact) mass is 351 g/mol. The molecule has 4 rings (SSSR count). The zero-order valence-electron chi connectivity index (χ0n) is 12.8. The number of rotatable bonds is 6. The van der Waals surface area contributed by atoms with Gasteiger partial charge in [0.2, 0.25) is 5.91 Å². The van der Waals surface area contributed by atoms with E-state index < -0.39 is 0 Å². The number of hydrogen-bond donors (Lipinski definition) is 0. The molecule has 4 fully saturated rings. The normalized spacial score (nSPS) is 40.0. The number of hydrogen-bond acceptors (Lipinski definition) is 1. The summed E-state index contributed by atoms with van der Waals surface area (Å²) in [7, 11) is 0. The van der Waals surface area contributed by atoms with E-state index in [9.17, 15) is 4.79 Å². The summed E-state index contributed by atoms with van der Waals surface area (Å²) in [5.41, 5.74) is 0.255. The van der Waals surface area contributed by atoms with Gasteiger partial charge in [-0.3, -0.25) is 4.79 Å². The minimum Gasteiger partial charge on any atom is -0.335 e. The van der Waals surface area contributed by atoms with Crippen molar-refractivity contribution in [2.75, 3.05) is 13.1 Å². The molecule has 0 N–H and O–H groups in total. The number of carbonyl (C=O) groups is 1. The molecular weight excluding hydrogens is 326 g/mol. The Morgan fingerprint density at radius 1 is 1.14 bits per heavy atom. The summed E-state index contributed by atoms with van der Waals surface area (Å²) in [6, 6.07) is 0. The third kappa shape index (κ3) is 2.99. The summed E-state index contributed by atoms with van der Waals surface area (Å²) in [5, 5.41) is 0. The Balaban J connectivity index is 1.73. The van der Waals surface area contributed by atoms with Gasteiger partial charge in [0, 0.05) is 23.8 Å². The third-order valence-corrected chi connectivity index (χ3v) is 6.62. The second-order valence-corrected chi connectivity index (χ2v) is 9.35. The van der Waals surface area contributed by atoms with E-state index in [0.717, 1.165) is 18.3 Å². The van der Waals surface area contributed by atoms with Crippen LogP contribution in [0, 0.1) is 17.3 Å². The zero-order chi connectivity index (χ0) is 15.1. The Kier molecular flexibility index (Phi) is 4.06. The number of nitrogens with zero attached hydrogens (tertiary/aromatic N) is 1. The molecule has 3 heteroatoms. The van der Waals surface area contributed by atoms with E-state index in [0.29, 0.717) is 17.4 Å². The molecule has 0 aromatic carbocycles. The molecule has 2 atom stereocenters. The molecule has 0 saturated heterocycles. The molecule has 0 aliphatic heterocycles. The lowest BCUT2D eigenvalue weighted by Gasteiger charge is -2.60. The minimum atomic E-state index is 0.255. The van der Waals surface area contributed by atoms with Crippen molar-refractivity contribution < 1.29 is 4.79 Å². The van der Waals surface area contributed by atoms with Gasteiger partial charge in [0.1, 0.15) is 0 Å². The summed E-state index contributed by atoms with van der Waals surface area (Å²) in [6.45, 7) is 8.80. The van der Waals surface area contributed by atoms with Crippen molar-refractivity contribution in [3.8, 4) is 0 Å². The van der Waals surface area contributed by atoms with E-state index in [1.165, 1.54) is 38.5 Å². The van der Waals surface area contributed by atoms with Crippen LogP contribution < -0.4 is 0 Å².